The van der Waals surface area contributed by atoms with Crippen LogP contribution in [0.25, 0.3) is 0 Å². The van der Waals surface area contributed by atoms with Crippen molar-refractivity contribution < 1.29 is 15.0 Å². The molecule has 1 atom stereocenters. The third-order valence-electron chi connectivity index (χ3n) is 2.30. The standard InChI is InChI=1S/C12H25N3O3S/c1-12(2,3)15-10(19)14-9(8-16)6-4-5-7-13-11(17)18/h9,13,16H,4-8H2,1-3H3,(H,17,18)(H2,14,15,19). The van der Waals surface area contributed by atoms with Crippen LogP contribution in [0.3, 0.4) is 0 Å². The molecule has 5 N–H and O–H groups in total. The van der Waals surface area contributed by atoms with Crippen molar-refractivity contribution in [3.8, 4) is 0 Å². The molecule has 0 aromatic rings. The van der Waals surface area contributed by atoms with Crippen molar-refractivity contribution in [1.29, 1.82) is 0 Å². The Bertz CT molecular complexity index is 292. The number of amides is 1. The highest BCUT2D eigenvalue weighted by atomic mass is 32.1. The molecule has 0 bridgehead atoms. The van der Waals surface area contributed by atoms with Gasteiger partial charge in [-0.15, -0.1) is 0 Å². The fraction of sp³-hybridized carbons (Fsp3) is 0.833. The molecule has 1 amide bonds. The Morgan fingerprint density at radius 3 is 2.42 bits per heavy atom. The molecule has 0 aromatic heterocycles. The minimum atomic E-state index is -1.01. The van der Waals surface area contributed by atoms with Crippen LogP contribution in [-0.2, 0) is 0 Å². The first-order valence-electron chi connectivity index (χ1n) is 6.41. The fourth-order valence-electron chi connectivity index (χ4n) is 1.48. The van der Waals surface area contributed by atoms with Gasteiger partial charge in [-0.05, 0) is 52.3 Å². The van der Waals surface area contributed by atoms with E-state index in [-0.39, 0.29) is 18.2 Å². The van der Waals surface area contributed by atoms with Crippen LogP contribution in [0.1, 0.15) is 40.0 Å². The Morgan fingerprint density at radius 2 is 1.95 bits per heavy atom. The topological polar surface area (TPSA) is 93.6 Å². The number of carbonyl (C=O) groups is 1. The number of rotatable bonds is 7. The van der Waals surface area contributed by atoms with Gasteiger partial charge in [0.15, 0.2) is 5.11 Å². The first-order chi connectivity index (χ1) is 8.74. The maximum Gasteiger partial charge on any atom is 0.404 e. The fourth-order valence-corrected chi connectivity index (χ4v) is 1.96. The summed E-state index contributed by atoms with van der Waals surface area (Å²) in [7, 11) is 0. The summed E-state index contributed by atoms with van der Waals surface area (Å²) in [6.45, 7) is 6.45. The van der Waals surface area contributed by atoms with Gasteiger partial charge in [0.2, 0.25) is 0 Å². The highest BCUT2D eigenvalue weighted by Gasteiger charge is 2.14. The van der Waals surface area contributed by atoms with Crippen LogP contribution in [0.2, 0.25) is 0 Å². The highest BCUT2D eigenvalue weighted by Crippen LogP contribution is 2.02. The molecule has 0 saturated heterocycles. The van der Waals surface area contributed by atoms with Crippen LogP contribution >= 0.6 is 12.2 Å². The molecule has 0 saturated carbocycles. The Labute approximate surface area is 120 Å². The Morgan fingerprint density at radius 1 is 1.32 bits per heavy atom. The smallest absolute Gasteiger partial charge is 0.404 e. The second kappa shape index (κ2) is 8.92. The lowest BCUT2D eigenvalue weighted by molar-refractivity contribution is 0.194. The van der Waals surface area contributed by atoms with Gasteiger partial charge < -0.3 is 26.2 Å². The number of nitrogens with one attached hydrogen (secondary N) is 3. The van der Waals surface area contributed by atoms with Crippen LogP contribution in [-0.4, -0.2) is 46.2 Å². The summed E-state index contributed by atoms with van der Waals surface area (Å²) in [6, 6.07) is -0.104. The normalized spacial score (nSPS) is 12.6. The average Bonchev–Trinajstić information content (AvgIpc) is 2.24. The summed E-state index contributed by atoms with van der Waals surface area (Å²) < 4.78 is 0. The summed E-state index contributed by atoms with van der Waals surface area (Å²) in [5.74, 6) is 0. The second-order valence-electron chi connectivity index (χ2n) is 5.46. The van der Waals surface area contributed by atoms with Gasteiger partial charge in [0.25, 0.3) is 0 Å². The molecule has 0 fully saturated rings. The molecule has 112 valence electrons. The van der Waals surface area contributed by atoms with Crippen molar-refractivity contribution in [2.75, 3.05) is 13.2 Å². The molecule has 0 aromatic carbocycles. The van der Waals surface area contributed by atoms with Gasteiger partial charge in [0, 0.05) is 12.1 Å². The minimum absolute atomic E-state index is 0.00166. The van der Waals surface area contributed by atoms with Crippen LogP contribution < -0.4 is 16.0 Å². The van der Waals surface area contributed by atoms with E-state index >= 15 is 0 Å². The second-order valence-corrected chi connectivity index (χ2v) is 5.86. The van der Waals surface area contributed by atoms with E-state index in [1.165, 1.54) is 0 Å². The van der Waals surface area contributed by atoms with Crippen LogP contribution in [0.15, 0.2) is 0 Å². The van der Waals surface area contributed by atoms with E-state index in [9.17, 15) is 9.90 Å². The maximum atomic E-state index is 10.2. The van der Waals surface area contributed by atoms with Gasteiger partial charge in [-0.25, -0.2) is 4.79 Å². The molecule has 0 aliphatic rings. The minimum Gasteiger partial charge on any atom is -0.465 e. The molecule has 0 heterocycles. The maximum absolute atomic E-state index is 10.2. The number of aliphatic hydroxyl groups excluding tert-OH is 1. The van der Waals surface area contributed by atoms with Crippen molar-refractivity contribution in [3.63, 3.8) is 0 Å². The van der Waals surface area contributed by atoms with Crippen LogP contribution in [0.4, 0.5) is 4.79 Å². The van der Waals surface area contributed by atoms with Gasteiger partial charge >= 0.3 is 6.09 Å². The molecule has 0 aliphatic carbocycles. The van der Waals surface area contributed by atoms with Crippen LogP contribution in [0, 0.1) is 0 Å². The van der Waals surface area contributed by atoms with Gasteiger partial charge in [0.1, 0.15) is 0 Å². The molecule has 0 aliphatic heterocycles. The van der Waals surface area contributed by atoms with Crippen molar-refractivity contribution in [3.05, 3.63) is 0 Å². The Balaban J connectivity index is 3.82. The Hall–Kier alpha value is -1.08. The summed E-state index contributed by atoms with van der Waals surface area (Å²) in [4.78, 5) is 10.2. The lowest BCUT2D eigenvalue weighted by atomic mass is 10.1. The van der Waals surface area contributed by atoms with Crippen LogP contribution in [0.5, 0.6) is 0 Å². The van der Waals surface area contributed by atoms with Gasteiger partial charge in [0.05, 0.1) is 12.6 Å². The molecule has 1 unspecified atom stereocenters. The zero-order valence-corrected chi connectivity index (χ0v) is 12.6. The molecule has 0 rings (SSSR count). The molecular formula is C12H25N3O3S. The predicted molar refractivity (Wildman–Crippen MR) is 79.4 cm³/mol. The molecule has 19 heavy (non-hydrogen) atoms. The predicted octanol–water partition coefficient (Wildman–Crippen LogP) is 1.05. The number of aliphatic hydroxyl groups is 1. The van der Waals surface area contributed by atoms with E-state index in [1.54, 1.807) is 0 Å². The van der Waals surface area contributed by atoms with E-state index in [2.05, 4.69) is 16.0 Å². The molecule has 6 nitrogen and oxygen atoms in total. The molecular weight excluding hydrogens is 266 g/mol. The van der Waals surface area contributed by atoms with E-state index < -0.39 is 6.09 Å². The van der Waals surface area contributed by atoms with Crippen molar-refractivity contribution in [2.24, 2.45) is 0 Å². The van der Waals surface area contributed by atoms with Gasteiger partial charge in [-0.1, -0.05) is 0 Å². The monoisotopic (exact) mass is 291 g/mol. The number of hydrogen-bond acceptors (Lipinski definition) is 3. The zero-order chi connectivity index (χ0) is 14.9. The lowest BCUT2D eigenvalue weighted by Gasteiger charge is -2.26. The molecule has 7 heteroatoms. The Kier molecular flexibility index (Phi) is 8.42. The summed E-state index contributed by atoms with van der Waals surface area (Å²) in [5.41, 5.74) is -0.116. The molecule has 0 spiro atoms. The number of carboxylic acid groups (broad SMARTS) is 1. The summed E-state index contributed by atoms with van der Waals surface area (Å²) in [6.07, 6.45) is 1.29. The lowest BCUT2D eigenvalue weighted by Crippen LogP contribution is -2.50. The summed E-state index contributed by atoms with van der Waals surface area (Å²) >= 11 is 5.16. The third-order valence-corrected chi connectivity index (χ3v) is 2.52. The van der Waals surface area contributed by atoms with E-state index in [0.29, 0.717) is 11.7 Å². The number of hydrogen-bond donors (Lipinski definition) is 5. The summed E-state index contributed by atoms with van der Waals surface area (Å²) in [5, 5.41) is 26.7. The molecule has 0 radical (unpaired) electrons. The number of thiocarbonyl (C=S) groups is 1. The van der Waals surface area contributed by atoms with Crippen molar-refractivity contribution in [2.45, 2.75) is 51.6 Å². The first-order valence-corrected chi connectivity index (χ1v) is 6.82. The first kappa shape index (κ1) is 17.9. The van der Waals surface area contributed by atoms with E-state index in [4.69, 9.17) is 17.3 Å². The highest BCUT2D eigenvalue weighted by molar-refractivity contribution is 7.80. The zero-order valence-electron chi connectivity index (χ0n) is 11.8. The largest absolute Gasteiger partial charge is 0.465 e. The average molecular weight is 291 g/mol. The third kappa shape index (κ3) is 11.7. The number of unbranched alkanes of at least 4 members (excludes halogenated alkanes) is 1. The quantitative estimate of drug-likeness (QED) is 0.355. The van der Waals surface area contributed by atoms with Gasteiger partial charge in [-0.3, -0.25) is 0 Å². The van der Waals surface area contributed by atoms with E-state index in [0.717, 1.165) is 19.3 Å². The van der Waals surface area contributed by atoms with Crippen molar-refractivity contribution >= 4 is 23.4 Å². The van der Waals surface area contributed by atoms with Crippen molar-refractivity contribution in [1.82, 2.24) is 16.0 Å². The van der Waals surface area contributed by atoms with E-state index in [1.807, 2.05) is 20.8 Å². The van der Waals surface area contributed by atoms with Gasteiger partial charge in [-0.2, -0.15) is 0 Å². The SMILES string of the molecule is CC(C)(C)NC(=S)NC(CO)CCCCNC(=O)O.